The lowest BCUT2D eigenvalue weighted by Gasteiger charge is -2.22. The first-order chi connectivity index (χ1) is 20.4. The van der Waals surface area contributed by atoms with E-state index in [1.807, 2.05) is 31.2 Å². The van der Waals surface area contributed by atoms with Crippen molar-refractivity contribution in [3.8, 4) is 11.1 Å². The molecule has 0 saturated heterocycles. The normalized spacial score (nSPS) is 13.8. The molecule has 0 spiro atoms. The van der Waals surface area contributed by atoms with E-state index in [0.29, 0.717) is 36.7 Å². The molecule has 3 N–H and O–H groups in total. The van der Waals surface area contributed by atoms with E-state index in [2.05, 4.69) is 40.3 Å². The van der Waals surface area contributed by atoms with Gasteiger partial charge >= 0.3 is 5.97 Å². The van der Waals surface area contributed by atoms with Gasteiger partial charge in [0.25, 0.3) is 0 Å². The molecule has 1 saturated carbocycles. The number of hydrogen-bond acceptors (Lipinski definition) is 5. The van der Waals surface area contributed by atoms with Crippen molar-refractivity contribution in [2.24, 2.45) is 0 Å². The van der Waals surface area contributed by atoms with Gasteiger partial charge in [-0.1, -0.05) is 75.1 Å². The van der Waals surface area contributed by atoms with Gasteiger partial charge in [0.2, 0.25) is 5.91 Å². The zero-order valence-electron chi connectivity index (χ0n) is 24.7. The summed E-state index contributed by atoms with van der Waals surface area (Å²) in [4.78, 5) is 34.0. The number of nitrogens with one attached hydrogen (secondary N) is 2. The summed E-state index contributed by atoms with van der Waals surface area (Å²) in [5.41, 5.74) is 6.43. The maximum Gasteiger partial charge on any atom is 0.336 e. The zero-order valence-corrected chi connectivity index (χ0v) is 24.7. The number of unbranched alkanes of at least 4 members (excludes halogenated alkanes) is 1. The van der Waals surface area contributed by atoms with Gasteiger partial charge in [0.05, 0.1) is 22.5 Å². The number of aromatic nitrogens is 3. The van der Waals surface area contributed by atoms with Crippen LogP contribution in [0.3, 0.4) is 0 Å². The van der Waals surface area contributed by atoms with Crippen LogP contribution in [0.25, 0.3) is 22.3 Å². The molecule has 2 aromatic carbocycles. The predicted molar refractivity (Wildman–Crippen MR) is 167 cm³/mol. The number of carboxylic acid groups (broad SMARTS) is 1. The lowest BCUT2D eigenvalue weighted by atomic mass is 9.95. The number of carbonyl (C=O) groups excluding carboxylic acids is 1. The van der Waals surface area contributed by atoms with Crippen LogP contribution in [0.4, 0.5) is 5.69 Å². The number of imidazole rings is 1. The molecule has 0 aliphatic heterocycles. The fraction of sp³-hybridized carbons (Fsp3) is 0.412. The molecule has 5 rings (SSSR count). The third-order valence-corrected chi connectivity index (χ3v) is 8.17. The maximum absolute atomic E-state index is 12.5. The summed E-state index contributed by atoms with van der Waals surface area (Å²) in [6.07, 6.45) is 9.23. The topological polar surface area (TPSA) is 109 Å². The van der Waals surface area contributed by atoms with Crippen LogP contribution in [0.1, 0.15) is 85.7 Å². The summed E-state index contributed by atoms with van der Waals surface area (Å²) in [5, 5.41) is 16.2. The zero-order chi connectivity index (χ0) is 29.5. The van der Waals surface area contributed by atoms with Crippen molar-refractivity contribution >= 4 is 28.7 Å². The van der Waals surface area contributed by atoms with Crippen molar-refractivity contribution in [3.63, 3.8) is 0 Å². The highest BCUT2D eigenvalue weighted by Gasteiger charge is 2.17. The van der Waals surface area contributed by atoms with Gasteiger partial charge in [0.1, 0.15) is 5.82 Å². The molecule has 1 amide bonds. The summed E-state index contributed by atoms with van der Waals surface area (Å²) >= 11 is 0. The molecule has 2 aromatic heterocycles. The highest BCUT2D eigenvalue weighted by molar-refractivity contribution is 5.96. The summed E-state index contributed by atoms with van der Waals surface area (Å²) in [5.74, 6) is 0.169. The van der Waals surface area contributed by atoms with E-state index in [1.54, 1.807) is 12.1 Å². The summed E-state index contributed by atoms with van der Waals surface area (Å²) in [6, 6.07) is 17.6. The molecule has 4 aromatic rings. The summed E-state index contributed by atoms with van der Waals surface area (Å²) in [7, 11) is 0. The second kappa shape index (κ2) is 13.6. The van der Waals surface area contributed by atoms with Gasteiger partial charge in [-0.15, -0.1) is 0 Å². The maximum atomic E-state index is 12.5. The lowest BCUT2D eigenvalue weighted by molar-refractivity contribution is -0.121. The molecule has 220 valence electrons. The van der Waals surface area contributed by atoms with E-state index in [9.17, 15) is 14.7 Å². The smallest absolute Gasteiger partial charge is 0.336 e. The molecule has 8 nitrogen and oxygen atoms in total. The SMILES string of the molecule is CCCCc1nc2nc(C)c(NCCC(=O)NC3CCCCC3)cc2n1Cc1ccc(-c2ccccc2C(=O)O)cc1. The largest absolute Gasteiger partial charge is 0.478 e. The van der Waals surface area contributed by atoms with E-state index in [-0.39, 0.29) is 5.91 Å². The Hall–Kier alpha value is -4.20. The van der Waals surface area contributed by atoms with E-state index < -0.39 is 5.97 Å². The third kappa shape index (κ3) is 6.98. The number of carbonyl (C=O) groups is 2. The van der Waals surface area contributed by atoms with E-state index in [4.69, 9.17) is 9.97 Å². The number of amides is 1. The van der Waals surface area contributed by atoms with Gasteiger partial charge in [0.15, 0.2) is 5.65 Å². The van der Waals surface area contributed by atoms with Gasteiger partial charge in [-0.05, 0) is 55.0 Å². The molecule has 0 unspecified atom stereocenters. The molecule has 1 fully saturated rings. The molecule has 8 heteroatoms. The second-order valence-electron chi connectivity index (χ2n) is 11.3. The molecule has 0 bridgehead atoms. The minimum absolute atomic E-state index is 0.0995. The van der Waals surface area contributed by atoms with Crippen LogP contribution in [0.15, 0.2) is 54.6 Å². The van der Waals surface area contributed by atoms with Crippen molar-refractivity contribution in [1.29, 1.82) is 0 Å². The van der Waals surface area contributed by atoms with Crippen molar-refractivity contribution < 1.29 is 14.7 Å². The Labute approximate surface area is 247 Å². The third-order valence-electron chi connectivity index (χ3n) is 8.17. The Morgan fingerprint density at radius 1 is 1.02 bits per heavy atom. The molecule has 42 heavy (non-hydrogen) atoms. The first-order valence-corrected chi connectivity index (χ1v) is 15.2. The number of pyridine rings is 1. The standard InChI is InChI=1S/C34H41N5O3/c1-3-4-14-31-38-33-30(21-29(23(2)36-33)35-20-19-32(40)37-26-10-6-5-7-11-26)39(31)22-24-15-17-25(18-16-24)27-12-8-9-13-28(27)34(41)42/h8-9,12-13,15-18,21,26,35H,3-7,10-11,14,19-20,22H2,1-2H3,(H,37,40)(H,41,42). The number of benzene rings is 2. The van der Waals surface area contributed by atoms with E-state index in [0.717, 1.165) is 71.6 Å². The van der Waals surface area contributed by atoms with Crippen molar-refractivity contribution in [2.75, 3.05) is 11.9 Å². The van der Waals surface area contributed by atoms with Crippen LogP contribution in [0.2, 0.25) is 0 Å². The molecular formula is C34H41N5O3. The van der Waals surface area contributed by atoms with Crippen molar-refractivity contribution in [3.05, 3.63) is 77.2 Å². The van der Waals surface area contributed by atoms with Gasteiger partial charge < -0.3 is 20.3 Å². The lowest BCUT2D eigenvalue weighted by Crippen LogP contribution is -2.36. The summed E-state index contributed by atoms with van der Waals surface area (Å²) < 4.78 is 2.23. The average Bonchev–Trinajstić information content (AvgIpc) is 3.32. The molecule has 2 heterocycles. The Kier molecular flexibility index (Phi) is 9.52. The van der Waals surface area contributed by atoms with Crippen molar-refractivity contribution in [2.45, 2.75) is 84.2 Å². The van der Waals surface area contributed by atoms with Gasteiger partial charge in [-0.25, -0.2) is 14.8 Å². The number of aryl methyl sites for hydroxylation is 2. The monoisotopic (exact) mass is 567 g/mol. The fourth-order valence-electron chi connectivity index (χ4n) is 5.82. The Morgan fingerprint density at radius 2 is 1.79 bits per heavy atom. The number of rotatable bonds is 12. The fourth-order valence-corrected chi connectivity index (χ4v) is 5.82. The number of aromatic carboxylic acids is 1. The quantitative estimate of drug-likeness (QED) is 0.175. The van der Waals surface area contributed by atoms with E-state index >= 15 is 0 Å². The molecule has 0 atom stereocenters. The number of carboxylic acids is 1. The van der Waals surface area contributed by atoms with Crippen LogP contribution in [-0.4, -0.2) is 44.1 Å². The van der Waals surface area contributed by atoms with Gasteiger partial charge in [-0.3, -0.25) is 4.79 Å². The average molecular weight is 568 g/mol. The molecule has 0 radical (unpaired) electrons. The second-order valence-corrected chi connectivity index (χ2v) is 11.3. The number of anilines is 1. The number of fused-ring (bicyclic) bond motifs is 1. The first kappa shape index (κ1) is 29.3. The van der Waals surface area contributed by atoms with Crippen molar-refractivity contribution in [1.82, 2.24) is 19.9 Å². The van der Waals surface area contributed by atoms with Crippen LogP contribution < -0.4 is 10.6 Å². The Balaban J connectivity index is 1.34. The minimum atomic E-state index is -0.933. The van der Waals surface area contributed by atoms with E-state index in [1.165, 1.54) is 19.3 Å². The highest BCUT2D eigenvalue weighted by Crippen LogP contribution is 2.27. The first-order valence-electron chi connectivity index (χ1n) is 15.2. The minimum Gasteiger partial charge on any atom is -0.478 e. The van der Waals surface area contributed by atoms with Crippen LogP contribution in [0, 0.1) is 6.92 Å². The summed E-state index contributed by atoms with van der Waals surface area (Å²) in [6.45, 7) is 5.32. The number of nitrogens with zero attached hydrogens (tertiary/aromatic N) is 3. The Morgan fingerprint density at radius 3 is 2.52 bits per heavy atom. The van der Waals surface area contributed by atoms with Crippen LogP contribution >= 0.6 is 0 Å². The van der Waals surface area contributed by atoms with Crippen LogP contribution in [-0.2, 0) is 17.8 Å². The highest BCUT2D eigenvalue weighted by atomic mass is 16.4. The molecular weight excluding hydrogens is 526 g/mol. The van der Waals surface area contributed by atoms with Crippen LogP contribution in [0.5, 0.6) is 0 Å². The molecule has 1 aliphatic carbocycles. The van der Waals surface area contributed by atoms with Gasteiger partial charge in [-0.2, -0.15) is 0 Å². The Bertz CT molecular complexity index is 1540. The molecule has 1 aliphatic rings. The predicted octanol–water partition coefficient (Wildman–Crippen LogP) is 6.75. The number of hydrogen-bond donors (Lipinski definition) is 3. The van der Waals surface area contributed by atoms with Gasteiger partial charge in [0, 0.05) is 32.0 Å².